The lowest BCUT2D eigenvalue weighted by molar-refractivity contribution is 0.574. The van der Waals surface area contributed by atoms with Crippen molar-refractivity contribution in [3.63, 3.8) is 0 Å². The van der Waals surface area contributed by atoms with Gasteiger partial charge in [-0.1, -0.05) is 6.07 Å². The van der Waals surface area contributed by atoms with Gasteiger partial charge in [-0.15, -0.1) is 0 Å². The normalized spacial score (nSPS) is 10.0. The van der Waals surface area contributed by atoms with Gasteiger partial charge in [0.05, 0.1) is 5.56 Å². The zero-order chi connectivity index (χ0) is 13.8. The number of hydrogen-bond acceptors (Lipinski definition) is 3. The van der Waals surface area contributed by atoms with Crippen molar-refractivity contribution in [1.29, 1.82) is 5.26 Å². The van der Waals surface area contributed by atoms with E-state index >= 15 is 0 Å². The number of nitriles is 1. The third-order valence-corrected chi connectivity index (χ3v) is 2.73. The fraction of sp³-hybridized carbons (Fsp3) is 0.143. The van der Waals surface area contributed by atoms with Crippen molar-refractivity contribution in [3.05, 3.63) is 58.8 Å². The molecule has 1 N–H and O–H groups in total. The molecule has 0 fully saturated rings. The summed E-state index contributed by atoms with van der Waals surface area (Å²) < 4.78 is 26.2. The van der Waals surface area contributed by atoms with E-state index in [1.807, 2.05) is 6.07 Å². The summed E-state index contributed by atoms with van der Waals surface area (Å²) >= 11 is 0. The van der Waals surface area contributed by atoms with E-state index in [9.17, 15) is 8.78 Å². The number of halogens is 2. The Balaban J connectivity index is 2.20. The van der Waals surface area contributed by atoms with Crippen molar-refractivity contribution >= 4 is 5.82 Å². The molecule has 0 radical (unpaired) electrons. The number of aromatic nitrogens is 1. The molecule has 19 heavy (non-hydrogen) atoms. The highest BCUT2D eigenvalue weighted by atomic mass is 19.1. The Morgan fingerprint density at radius 3 is 2.79 bits per heavy atom. The van der Waals surface area contributed by atoms with Crippen molar-refractivity contribution in [3.8, 4) is 6.07 Å². The highest BCUT2D eigenvalue weighted by Gasteiger charge is 2.08. The Morgan fingerprint density at radius 2 is 2.11 bits per heavy atom. The summed E-state index contributed by atoms with van der Waals surface area (Å²) in [6.07, 6.45) is 1.57. The molecule has 0 aliphatic heterocycles. The van der Waals surface area contributed by atoms with Crippen LogP contribution in [0.1, 0.15) is 16.7 Å². The lowest BCUT2D eigenvalue weighted by atomic mass is 10.1. The molecule has 0 spiro atoms. The van der Waals surface area contributed by atoms with Gasteiger partial charge in [-0.3, -0.25) is 0 Å². The maximum Gasteiger partial charge on any atom is 0.144 e. The van der Waals surface area contributed by atoms with Gasteiger partial charge in [0.15, 0.2) is 0 Å². The quantitative estimate of drug-likeness (QED) is 0.921. The van der Waals surface area contributed by atoms with E-state index in [2.05, 4.69) is 10.3 Å². The van der Waals surface area contributed by atoms with Crippen LogP contribution in [0.15, 0.2) is 30.5 Å². The van der Waals surface area contributed by atoms with E-state index < -0.39 is 11.6 Å². The number of hydrogen-bond donors (Lipinski definition) is 1. The van der Waals surface area contributed by atoms with Crippen molar-refractivity contribution < 1.29 is 8.78 Å². The monoisotopic (exact) mass is 259 g/mol. The zero-order valence-corrected chi connectivity index (χ0v) is 10.2. The highest BCUT2D eigenvalue weighted by molar-refractivity contribution is 5.55. The van der Waals surface area contributed by atoms with Gasteiger partial charge in [0.25, 0.3) is 0 Å². The van der Waals surface area contributed by atoms with E-state index in [1.54, 1.807) is 19.2 Å². The third kappa shape index (κ3) is 2.86. The van der Waals surface area contributed by atoms with Crippen LogP contribution in [0.2, 0.25) is 0 Å². The topological polar surface area (TPSA) is 48.7 Å². The molecule has 5 heteroatoms. The molecule has 1 heterocycles. The molecule has 2 aromatic rings. The maximum atomic E-state index is 13.4. The summed E-state index contributed by atoms with van der Waals surface area (Å²) in [4.78, 5) is 4.04. The number of rotatable bonds is 3. The molecule has 0 bridgehead atoms. The molecule has 0 saturated heterocycles. The minimum absolute atomic E-state index is 0.136. The number of benzene rings is 1. The number of nitrogens with one attached hydrogen (secondary N) is 1. The fourth-order valence-electron chi connectivity index (χ4n) is 1.68. The fourth-order valence-corrected chi connectivity index (χ4v) is 1.68. The van der Waals surface area contributed by atoms with Crippen LogP contribution in [0, 0.1) is 29.9 Å². The Kier molecular flexibility index (Phi) is 3.71. The second-order valence-corrected chi connectivity index (χ2v) is 4.05. The van der Waals surface area contributed by atoms with Gasteiger partial charge in [-0.05, 0) is 24.6 Å². The van der Waals surface area contributed by atoms with Crippen LogP contribution >= 0.6 is 0 Å². The van der Waals surface area contributed by atoms with Gasteiger partial charge in [0.2, 0.25) is 0 Å². The number of aryl methyl sites for hydroxylation is 1. The maximum absolute atomic E-state index is 13.4. The average Bonchev–Trinajstić information content (AvgIpc) is 2.38. The van der Waals surface area contributed by atoms with E-state index in [-0.39, 0.29) is 6.54 Å². The van der Waals surface area contributed by atoms with Crippen LogP contribution in [0.5, 0.6) is 0 Å². The summed E-state index contributed by atoms with van der Waals surface area (Å²) in [5.41, 5.74) is 1.53. The minimum atomic E-state index is -0.626. The second-order valence-electron chi connectivity index (χ2n) is 4.05. The minimum Gasteiger partial charge on any atom is -0.365 e. The predicted molar refractivity (Wildman–Crippen MR) is 67.4 cm³/mol. The van der Waals surface area contributed by atoms with Crippen molar-refractivity contribution in [2.75, 3.05) is 5.32 Å². The Hall–Kier alpha value is -2.48. The van der Waals surface area contributed by atoms with Crippen LogP contribution in [-0.2, 0) is 6.54 Å². The molecule has 0 amide bonds. The molecule has 0 aliphatic carbocycles. The Labute approximate surface area is 109 Å². The van der Waals surface area contributed by atoms with Crippen molar-refractivity contribution in [2.45, 2.75) is 13.5 Å². The second kappa shape index (κ2) is 5.44. The molecule has 96 valence electrons. The van der Waals surface area contributed by atoms with Gasteiger partial charge < -0.3 is 5.32 Å². The van der Waals surface area contributed by atoms with Gasteiger partial charge in [-0.25, -0.2) is 13.8 Å². The lowest BCUT2D eigenvalue weighted by Gasteiger charge is -2.09. The molecular formula is C14H11F2N3. The molecule has 3 nitrogen and oxygen atoms in total. The van der Waals surface area contributed by atoms with E-state index in [4.69, 9.17) is 5.26 Å². The van der Waals surface area contributed by atoms with E-state index in [0.717, 1.165) is 11.6 Å². The predicted octanol–water partition coefficient (Wildman–Crippen LogP) is 3.15. The first-order valence-electron chi connectivity index (χ1n) is 5.65. The summed E-state index contributed by atoms with van der Waals surface area (Å²) in [6.45, 7) is 1.93. The van der Waals surface area contributed by atoms with Gasteiger partial charge in [-0.2, -0.15) is 5.26 Å². The largest absolute Gasteiger partial charge is 0.365 e. The molecule has 0 atom stereocenters. The number of anilines is 1. The first-order valence-corrected chi connectivity index (χ1v) is 5.65. The number of pyridine rings is 1. The molecule has 0 aliphatic rings. The molecule has 1 aromatic heterocycles. The highest BCUT2D eigenvalue weighted by Crippen LogP contribution is 2.17. The number of nitrogens with zero attached hydrogens (tertiary/aromatic N) is 2. The third-order valence-electron chi connectivity index (χ3n) is 2.73. The molecule has 0 saturated carbocycles. The van der Waals surface area contributed by atoms with Crippen molar-refractivity contribution in [2.24, 2.45) is 0 Å². The average molecular weight is 259 g/mol. The van der Waals surface area contributed by atoms with Crippen LogP contribution < -0.4 is 5.32 Å². The van der Waals surface area contributed by atoms with Crippen molar-refractivity contribution in [1.82, 2.24) is 4.98 Å². The molecule has 2 rings (SSSR count). The summed E-state index contributed by atoms with van der Waals surface area (Å²) in [6, 6.07) is 7.14. The van der Waals surface area contributed by atoms with E-state index in [1.165, 1.54) is 12.1 Å². The van der Waals surface area contributed by atoms with Crippen LogP contribution in [-0.4, -0.2) is 4.98 Å². The zero-order valence-electron chi connectivity index (χ0n) is 10.2. The lowest BCUT2D eigenvalue weighted by Crippen LogP contribution is -2.06. The first-order chi connectivity index (χ1) is 9.11. The molecule has 0 unspecified atom stereocenters. The van der Waals surface area contributed by atoms with Gasteiger partial charge in [0, 0.05) is 24.4 Å². The smallest absolute Gasteiger partial charge is 0.144 e. The Bertz CT molecular complexity index is 648. The van der Waals surface area contributed by atoms with Gasteiger partial charge in [0.1, 0.15) is 23.5 Å². The van der Waals surface area contributed by atoms with Crippen LogP contribution in [0.4, 0.5) is 14.6 Å². The van der Waals surface area contributed by atoms with Crippen LogP contribution in [0.3, 0.4) is 0 Å². The SMILES string of the molecule is Cc1ccnc(NCc2ccc(F)cc2F)c1C#N. The van der Waals surface area contributed by atoms with Crippen LogP contribution in [0.25, 0.3) is 0 Å². The molecule has 1 aromatic carbocycles. The summed E-state index contributed by atoms with van der Waals surface area (Å²) in [5.74, 6) is -0.850. The van der Waals surface area contributed by atoms with Gasteiger partial charge >= 0.3 is 0 Å². The standard InChI is InChI=1S/C14H11F2N3/c1-9-4-5-18-14(12(9)7-17)19-8-10-2-3-11(15)6-13(10)16/h2-6H,8H2,1H3,(H,18,19). The Morgan fingerprint density at radius 1 is 1.32 bits per heavy atom. The summed E-state index contributed by atoms with van der Waals surface area (Å²) in [7, 11) is 0. The molecular weight excluding hydrogens is 248 g/mol. The summed E-state index contributed by atoms with van der Waals surface area (Å²) in [5, 5.41) is 11.9. The van der Waals surface area contributed by atoms with E-state index in [0.29, 0.717) is 16.9 Å². The first kappa shape index (κ1) is 13.0.